The number of aromatic amines is 1. The molecular formula is C25H30N2O2. The van der Waals surface area contributed by atoms with Gasteiger partial charge in [-0.2, -0.15) is 0 Å². The van der Waals surface area contributed by atoms with Crippen molar-refractivity contribution in [1.82, 2.24) is 9.88 Å². The first-order valence-electron chi connectivity index (χ1n) is 10.7. The molecule has 1 aliphatic rings. The van der Waals surface area contributed by atoms with E-state index >= 15 is 0 Å². The number of unbranched alkanes of at least 4 members (excludes halogenated alkanes) is 1. The number of aryl methyl sites for hydroxylation is 1. The molecule has 0 saturated carbocycles. The van der Waals surface area contributed by atoms with Gasteiger partial charge in [-0.05, 0) is 80.9 Å². The highest BCUT2D eigenvalue weighted by Gasteiger charge is 2.19. The van der Waals surface area contributed by atoms with Crippen molar-refractivity contribution < 1.29 is 9.53 Å². The number of piperidine rings is 1. The van der Waals surface area contributed by atoms with E-state index in [0.29, 0.717) is 5.75 Å². The lowest BCUT2D eigenvalue weighted by atomic mass is 9.89. The Labute approximate surface area is 172 Å². The van der Waals surface area contributed by atoms with Crippen LogP contribution < -0.4 is 4.74 Å². The van der Waals surface area contributed by atoms with E-state index in [0.717, 1.165) is 17.9 Å². The molecule has 4 nitrogen and oxygen atoms in total. The molecule has 0 unspecified atom stereocenters. The number of fused-ring (bicyclic) bond motifs is 1. The number of carbonyl (C=O) groups is 1. The molecule has 1 aliphatic heterocycles. The van der Waals surface area contributed by atoms with Gasteiger partial charge in [0, 0.05) is 30.1 Å². The van der Waals surface area contributed by atoms with E-state index in [-0.39, 0.29) is 5.97 Å². The molecular weight excluding hydrogens is 360 g/mol. The molecule has 4 heteroatoms. The molecule has 0 spiro atoms. The minimum absolute atomic E-state index is 0.288. The fourth-order valence-corrected chi connectivity index (χ4v) is 4.47. The molecule has 0 bridgehead atoms. The Hall–Kier alpha value is -2.59. The molecule has 1 N–H and O–H groups in total. The van der Waals surface area contributed by atoms with Gasteiger partial charge >= 0.3 is 5.97 Å². The fourth-order valence-electron chi connectivity index (χ4n) is 4.47. The number of benzene rings is 2. The van der Waals surface area contributed by atoms with Crippen LogP contribution in [-0.4, -0.2) is 35.5 Å². The summed E-state index contributed by atoms with van der Waals surface area (Å²) < 4.78 is 5.17. The molecule has 1 aromatic heterocycles. The molecule has 0 amide bonds. The fraction of sp³-hybridized carbons (Fsp3) is 0.400. The number of hydrogen-bond donors (Lipinski definition) is 1. The quantitative estimate of drug-likeness (QED) is 0.338. The second-order valence-corrected chi connectivity index (χ2v) is 8.10. The Balaban J connectivity index is 1.21. The van der Waals surface area contributed by atoms with E-state index in [2.05, 4.69) is 46.4 Å². The zero-order chi connectivity index (χ0) is 20.1. The normalized spacial score (nSPS) is 15.6. The van der Waals surface area contributed by atoms with Crippen LogP contribution >= 0.6 is 0 Å². The molecule has 152 valence electrons. The largest absolute Gasteiger partial charge is 0.427 e. The number of esters is 1. The van der Waals surface area contributed by atoms with Crippen LogP contribution in [0, 0.1) is 0 Å². The molecule has 1 fully saturated rings. The van der Waals surface area contributed by atoms with Crippen LogP contribution in [0.3, 0.4) is 0 Å². The van der Waals surface area contributed by atoms with E-state index in [9.17, 15) is 4.79 Å². The van der Waals surface area contributed by atoms with E-state index in [1.807, 2.05) is 18.2 Å². The van der Waals surface area contributed by atoms with Crippen LogP contribution in [0.2, 0.25) is 0 Å². The minimum atomic E-state index is -0.288. The number of hydrogen-bond acceptors (Lipinski definition) is 3. The Morgan fingerprint density at radius 1 is 1.10 bits per heavy atom. The first-order valence-corrected chi connectivity index (χ1v) is 10.7. The molecule has 4 rings (SSSR count). The van der Waals surface area contributed by atoms with Gasteiger partial charge in [0.05, 0.1) is 0 Å². The number of nitrogens with zero attached hydrogens (tertiary/aromatic N) is 1. The van der Waals surface area contributed by atoms with Gasteiger partial charge < -0.3 is 14.6 Å². The molecule has 1 saturated heterocycles. The number of rotatable bonds is 7. The third-order valence-corrected chi connectivity index (χ3v) is 6.03. The van der Waals surface area contributed by atoms with Crippen molar-refractivity contribution in [3.05, 3.63) is 65.9 Å². The first kappa shape index (κ1) is 19.7. The van der Waals surface area contributed by atoms with Gasteiger partial charge in [-0.3, -0.25) is 4.79 Å². The van der Waals surface area contributed by atoms with Gasteiger partial charge in [0.25, 0.3) is 0 Å². The van der Waals surface area contributed by atoms with E-state index < -0.39 is 0 Å². The second-order valence-electron chi connectivity index (χ2n) is 8.10. The average Bonchev–Trinajstić information content (AvgIpc) is 3.14. The summed E-state index contributed by atoms with van der Waals surface area (Å²) in [6, 6.07) is 16.8. The van der Waals surface area contributed by atoms with Gasteiger partial charge in [-0.1, -0.05) is 30.3 Å². The van der Waals surface area contributed by atoms with Crippen LogP contribution in [0.15, 0.2) is 54.7 Å². The molecule has 0 atom stereocenters. The molecule has 3 aromatic rings. The first-order chi connectivity index (χ1) is 14.2. The lowest BCUT2D eigenvalue weighted by molar-refractivity contribution is -0.131. The van der Waals surface area contributed by atoms with Gasteiger partial charge in [0.15, 0.2) is 0 Å². The predicted octanol–water partition coefficient (Wildman–Crippen LogP) is 5.30. The Morgan fingerprint density at radius 2 is 1.90 bits per heavy atom. The van der Waals surface area contributed by atoms with E-state index in [4.69, 9.17) is 4.74 Å². The van der Waals surface area contributed by atoms with E-state index in [1.54, 1.807) is 0 Å². The van der Waals surface area contributed by atoms with Crippen LogP contribution in [-0.2, 0) is 11.2 Å². The summed E-state index contributed by atoms with van der Waals surface area (Å²) in [7, 11) is 0. The summed E-state index contributed by atoms with van der Waals surface area (Å²) in [5.74, 6) is 1.04. The third kappa shape index (κ3) is 5.07. The number of nitrogens with one attached hydrogen (secondary N) is 1. The van der Waals surface area contributed by atoms with Crippen LogP contribution in [0.25, 0.3) is 10.9 Å². The summed E-state index contributed by atoms with van der Waals surface area (Å²) in [6.45, 7) is 5.05. The maximum Gasteiger partial charge on any atom is 0.308 e. The highest BCUT2D eigenvalue weighted by atomic mass is 16.5. The van der Waals surface area contributed by atoms with Gasteiger partial charge in [-0.15, -0.1) is 0 Å². The topological polar surface area (TPSA) is 45.3 Å². The highest BCUT2D eigenvalue weighted by Crippen LogP contribution is 2.28. The summed E-state index contributed by atoms with van der Waals surface area (Å²) >= 11 is 0. The van der Waals surface area contributed by atoms with Crippen LogP contribution in [0.4, 0.5) is 0 Å². The average molecular weight is 391 g/mol. The smallest absolute Gasteiger partial charge is 0.308 e. The number of carbonyl (C=O) groups excluding carboxylic acids is 1. The third-order valence-electron chi connectivity index (χ3n) is 6.03. The second kappa shape index (κ2) is 9.27. The maximum atomic E-state index is 11.1. The summed E-state index contributed by atoms with van der Waals surface area (Å²) in [4.78, 5) is 17.0. The lowest BCUT2D eigenvalue weighted by Gasteiger charge is -2.32. The molecule has 2 aromatic carbocycles. The minimum Gasteiger partial charge on any atom is -0.427 e. The van der Waals surface area contributed by atoms with Crippen molar-refractivity contribution in [3.63, 3.8) is 0 Å². The number of H-pyrrole nitrogens is 1. The molecule has 29 heavy (non-hydrogen) atoms. The van der Waals surface area contributed by atoms with Crippen molar-refractivity contribution in [2.45, 2.75) is 44.9 Å². The standard InChI is InChI=1S/C25H30N2O2/c1-19(28)29-23-10-11-24-22(18-26-25(24)17-23)9-5-6-14-27-15-12-21(13-16-27)20-7-3-2-4-8-20/h2-4,7-8,10-11,17-18,21,26H,5-6,9,12-16H2,1H3. The van der Waals surface area contributed by atoms with Crippen LogP contribution in [0.5, 0.6) is 5.75 Å². The van der Waals surface area contributed by atoms with Gasteiger partial charge in [-0.25, -0.2) is 0 Å². The summed E-state index contributed by atoms with van der Waals surface area (Å²) in [5, 5.41) is 1.23. The zero-order valence-corrected chi connectivity index (χ0v) is 17.2. The lowest BCUT2D eigenvalue weighted by Crippen LogP contribution is -2.33. The monoisotopic (exact) mass is 390 g/mol. The summed E-state index contributed by atoms with van der Waals surface area (Å²) in [5.41, 5.74) is 3.88. The Kier molecular flexibility index (Phi) is 6.30. The number of likely N-dealkylation sites (tertiary alicyclic amines) is 1. The van der Waals surface area contributed by atoms with Crippen molar-refractivity contribution in [2.75, 3.05) is 19.6 Å². The predicted molar refractivity (Wildman–Crippen MR) is 117 cm³/mol. The zero-order valence-electron chi connectivity index (χ0n) is 17.2. The number of aromatic nitrogens is 1. The molecule has 0 aliphatic carbocycles. The Bertz CT molecular complexity index is 940. The SMILES string of the molecule is CC(=O)Oc1ccc2c(CCCCN3CCC(c4ccccc4)CC3)c[nH]c2c1. The van der Waals surface area contributed by atoms with Crippen LogP contribution in [0.1, 0.15) is 49.7 Å². The molecule has 2 heterocycles. The van der Waals surface area contributed by atoms with E-state index in [1.165, 1.54) is 68.8 Å². The summed E-state index contributed by atoms with van der Waals surface area (Å²) in [6.07, 6.45) is 8.14. The van der Waals surface area contributed by atoms with Gasteiger partial charge in [0.2, 0.25) is 0 Å². The van der Waals surface area contributed by atoms with Crippen molar-refractivity contribution in [2.24, 2.45) is 0 Å². The maximum absolute atomic E-state index is 11.1. The number of ether oxygens (including phenoxy) is 1. The molecule has 0 radical (unpaired) electrons. The highest BCUT2D eigenvalue weighted by molar-refractivity contribution is 5.85. The Morgan fingerprint density at radius 3 is 2.66 bits per heavy atom. The van der Waals surface area contributed by atoms with Crippen molar-refractivity contribution in [3.8, 4) is 5.75 Å². The van der Waals surface area contributed by atoms with Gasteiger partial charge in [0.1, 0.15) is 5.75 Å². The van der Waals surface area contributed by atoms with Crippen molar-refractivity contribution in [1.29, 1.82) is 0 Å². The van der Waals surface area contributed by atoms with Crippen molar-refractivity contribution >= 4 is 16.9 Å².